The molecule has 0 atom stereocenters. The van der Waals surface area contributed by atoms with E-state index in [0.717, 1.165) is 29.7 Å². The number of aryl methyl sites for hydroxylation is 2. The molecule has 0 aliphatic heterocycles. The van der Waals surface area contributed by atoms with Gasteiger partial charge in [-0.05, 0) is 43.5 Å². The van der Waals surface area contributed by atoms with Crippen LogP contribution in [0, 0.1) is 13.8 Å². The quantitative estimate of drug-likeness (QED) is 0.479. The molecule has 0 aliphatic carbocycles. The Morgan fingerprint density at radius 3 is 2.22 bits per heavy atom. The first-order valence-corrected chi connectivity index (χ1v) is 5.99. The molecule has 4 heteroatoms. The first-order chi connectivity index (χ1) is 8.47. The van der Waals surface area contributed by atoms with E-state index in [0.29, 0.717) is 6.61 Å². The Kier molecular flexibility index (Phi) is 4.89. The molecule has 0 unspecified atom stereocenters. The van der Waals surface area contributed by atoms with E-state index in [9.17, 15) is 9.59 Å². The molecule has 0 amide bonds. The van der Waals surface area contributed by atoms with Crippen molar-refractivity contribution in [1.29, 1.82) is 0 Å². The molecule has 1 aromatic rings. The summed E-state index contributed by atoms with van der Waals surface area (Å²) in [6, 6.07) is 3.12. The van der Waals surface area contributed by atoms with E-state index in [1.807, 2.05) is 13.8 Å². The SMILES string of the molecule is CCCCOc1c(C)cc(C(=O)C(=O)O)cc1C. The van der Waals surface area contributed by atoms with Gasteiger partial charge < -0.3 is 9.84 Å². The molecule has 0 saturated heterocycles. The minimum Gasteiger partial charge on any atom is -0.493 e. The second kappa shape index (κ2) is 6.19. The zero-order valence-electron chi connectivity index (χ0n) is 10.9. The molecular weight excluding hydrogens is 232 g/mol. The molecule has 98 valence electrons. The Morgan fingerprint density at radius 2 is 1.78 bits per heavy atom. The molecular formula is C14H18O4. The largest absolute Gasteiger partial charge is 0.493 e. The predicted octanol–water partition coefficient (Wildman–Crippen LogP) is 2.75. The summed E-state index contributed by atoms with van der Waals surface area (Å²) in [6.07, 6.45) is 2.02. The fraction of sp³-hybridized carbons (Fsp3) is 0.429. The van der Waals surface area contributed by atoms with E-state index >= 15 is 0 Å². The number of benzene rings is 1. The van der Waals surface area contributed by atoms with Gasteiger partial charge in [0, 0.05) is 5.56 Å². The van der Waals surface area contributed by atoms with Crippen molar-refractivity contribution in [3.05, 3.63) is 28.8 Å². The zero-order valence-corrected chi connectivity index (χ0v) is 10.9. The van der Waals surface area contributed by atoms with Gasteiger partial charge in [0.05, 0.1) is 6.61 Å². The molecule has 0 spiro atoms. The number of aliphatic carboxylic acids is 1. The van der Waals surface area contributed by atoms with E-state index in [-0.39, 0.29) is 5.56 Å². The normalized spacial score (nSPS) is 10.2. The van der Waals surface area contributed by atoms with E-state index in [1.165, 1.54) is 0 Å². The molecule has 1 N–H and O–H groups in total. The third-order valence-corrected chi connectivity index (χ3v) is 2.66. The third-order valence-electron chi connectivity index (χ3n) is 2.66. The monoisotopic (exact) mass is 250 g/mol. The molecule has 0 heterocycles. The van der Waals surface area contributed by atoms with Gasteiger partial charge in [0.2, 0.25) is 0 Å². The van der Waals surface area contributed by atoms with Crippen molar-refractivity contribution < 1.29 is 19.4 Å². The van der Waals surface area contributed by atoms with Gasteiger partial charge in [0.1, 0.15) is 5.75 Å². The highest BCUT2D eigenvalue weighted by atomic mass is 16.5. The third kappa shape index (κ3) is 3.32. The number of ether oxygens (including phenoxy) is 1. The maximum atomic E-state index is 11.4. The molecule has 0 aliphatic rings. The van der Waals surface area contributed by atoms with Crippen molar-refractivity contribution in [2.45, 2.75) is 33.6 Å². The first-order valence-electron chi connectivity index (χ1n) is 5.99. The van der Waals surface area contributed by atoms with Crippen LogP contribution in [0.4, 0.5) is 0 Å². The number of carboxylic acid groups (broad SMARTS) is 1. The van der Waals surface area contributed by atoms with Crippen LogP contribution in [-0.2, 0) is 4.79 Å². The number of hydrogen-bond donors (Lipinski definition) is 1. The van der Waals surface area contributed by atoms with Crippen molar-refractivity contribution in [2.75, 3.05) is 6.61 Å². The molecule has 1 aromatic carbocycles. The van der Waals surface area contributed by atoms with Gasteiger partial charge in [-0.1, -0.05) is 13.3 Å². The highest BCUT2D eigenvalue weighted by molar-refractivity contribution is 6.39. The lowest BCUT2D eigenvalue weighted by atomic mass is 10.0. The fourth-order valence-electron chi connectivity index (χ4n) is 1.75. The van der Waals surface area contributed by atoms with Crippen LogP contribution in [0.3, 0.4) is 0 Å². The number of hydrogen-bond acceptors (Lipinski definition) is 3. The van der Waals surface area contributed by atoms with Crippen LogP contribution >= 0.6 is 0 Å². The summed E-state index contributed by atoms with van der Waals surface area (Å²) in [6.45, 7) is 6.34. The van der Waals surface area contributed by atoms with E-state index < -0.39 is 11.8 Å². The zero-order chi connectivity index (χ0) is 13.7. The number of unbranched alkanes of at least 4 members (excludes halogenated alkanes) is 1. The van der Waals surface area contributed by atoms with E-state index in [1.54, 1.807) is 12.1 Å². The maximum Gasteiger partial charge on any atom is 0.377 e. The van der Waals surface area contributed by atoms with Crippen LogP contribution in [-0.4, -0.2) is 23.5 Å². The predicted molar refractivity (Wildman–Crippen MR) is 68.3 cm³/mol. The van der Waals surface area contributed by atoms with Crippen LogP contribution in [0.25, 0.3) is 0 Å². The van der Waals surface area contributed by atoms with Gasteiger partial charge in [-0.25, -0.2) is 4.79 Å². The molecule has 0 aromatic heterocycles. The number of carbonyl (C=O) groups excluding carboxylic acids is 1. The fourth-order valence-corrected chi connectivity index (χ4v) is 1.75. The van der Waals surface area contributed by atoms with Crippen LogP contribution < -0.4 is 4.74 Å². The van der Waals surface area contributed by atoms with Crippen molar-refractivity contribution in [3.63, 3.8) is 0 Å². The highest BCUT2D eigenvalue weighted by Crippen LogP contribution is 2.25. The summed E-state index contributed by atoms with van der Waals surface area (Å²) < 4.78 is 5.64. The van der Waals surface area contributed by atoms with Gasteiger partial charge in [0.15, 0.2) is 0 Å². The van der Waals surface area contributed by atoms with Gasteiger partial charge >= 0.3 is 5.97 Å². The summed E-state index contributed by atoms with van der Waals surface area (Å²) >= 11 is 0. The average molecular weight is 250 g/mol. The number of carboxylic acids is 1. The minimum atomic E-state index is -1.44. The topological polar surface area (TPSA) is 63.6 Å². The molecule has 0 fully saturated rings. The molecule has 0 saturated carbocycles. The highest BCUT2D eigenvalue weighted by Gasteiger charge is 2.17. The van der Waals surface area contributed by atoms with Gasteiger partial charge in [-0.15, -0.1) is 0 Å². The van der Waals surface area contributed by atoms with Crippen molar-refractivity contribution >= 4 is 11.8 Å². The molecule has 0 radical (unpaired) electrons. The van der Waals surface area contributed by atoms with E-state index in [4.69, 9.17) is 9.84 Å². The molecule has 4 nitrogen and oxygen atoms in total. The van der Waals surface area contributed by atoms with Crippen molar-refractivity contribution in [3.8, 4) is 5.75 Å². The second-order valence-corrected chi connectivity index (χ2v) is 4.28. The first kappa shape index (κ1) is 14.2. The standard InChI is InChI=1S/C14H18O4/c1-4-5-6-18-13-9(2)7-11(8-10(13)3)12(15)14(16)17/h7-8H,4-6H2,1-3H3,(H,16,17). The van der Waals surface area contributed by atoms with Gasteiger partial charge in [0.25, 0.3) is 5.78 Å². The lowest BCUT2D eigenvalue weighted by Crippen LogP contribution is -2.13. The van der Waals surface area contributed by atoms with Crippen LogP contribution in [0.1, 0.15) is 41.3 Å². The van der Waals surface area contributed by atoms with Gasteiger partial charge in [-0.2, -0.15) is 0 Å². The molecule has 0 bridgehead atoms. The lowest BCUT2D eigenvalue weighted by molar-refractivity contribution is -0.131. The Hall–Kier alpha value is -1.84. The second-order valence-electron chi connectivity index (χ2n) is 4.28. The summed E-state index contributed by atoms with van der Waals surface area (Å²) in [4.78, 5) is 22.0. The molecule has 1 rings (SSSR count). The van der Waals surface area contributed by atoms with Crippen molar-refractivity contribution in [1.82, 2.24) is 0 Å². The lowest BCUT2D eigenvalue weighted by Gasteiger charge is -2.13. The number of carbonyl (C=O) groups is 2. The summed E-state index contributed by atoms with van der Waals surface area (Å²) in [7, 11) is 0. The summed E-state index contributed by atoms with van der Waals surface area (Å²) in [5, 5.41) is 8.68. The Labute approximate surface area is 107 Å². The number of ketones is 1. The van der Waals surface area contributed by atoms with Crippen LogP contribution in [0.2, 0.25) is 0 Å². The average Bonchev–Trinajstić information content (AvgIpc) is 2.31. The maximum absolute atomic E-state index is 11.4. The Balaban J connectivity index is 2.97. The number of rotatable bonds is 6. The summed E-state index contributed by atoms with van der Waals surface area (Å²) in [5.41, 5.74) is 1.77. The van der Waals surface area contributed by atoms with Crippen molar-refractivity contribution in [2.24, 2.45) is 0 Å². The van der Waals surface area contributed by atoms with Crippen LogP contribution in [0.15, 0.2) is 12.1 Å². The van der Waals surface area contributed by atoms with Crippen LogP contribution in [0.5, 0.6) is 5.75 Å². The Bertz CT molecular complexity index is 440. The summed E-state index contributed by atoms with van der Waals surface area (Å²) in [5.74, 6) is -1.58. The minimum absolute atomic E-state index is 0.195. The molecule has 18 heavy (non-hydrogen) atoms. The number of Topliss-reactive ketones (excluding diaryl/α,β-unsaturated/α-hetero) is 1. The smallest absolute Gasteiger partial charge is 0.377 e. The van der Waals surface area contributed by atoms with E-state index in [2.05, 4.69) is 6.92 Å². The Morgan fingerprint density at radius 1 is 1.22 bits per heavy atom. The van der Waals surface area contributed by atoms with Gasteiger partial charge in [-0.3, -0.25) is 4.79 Å².